The summed E-state index contributed by atoms with van der Waals surface area (Å²) in [4.78, 5) is 4.48. The summed E-state index contributed by atoms with van der Waals surface area (Å²) in [6.07, 6.45) is 0.538. The van der Waals surface area contributed by atoms with E-state index in [1.807, 2.05) is 18.2 Å². The molecule has 29 heavy (non-hydrogen) atoms. The largest absolute Gasteiger partial charge is 0.389 e. The van der Waals surface area contributed by atoms with Crippen LogP contribution in [0.1, 0.15) is 39.7 Å². The Bertz CT molecular complexity index is 699. The van der Waals surface area contributed by atoms with Crippen molar-refractivity contribution >= 4 is 5.88 Å². The van der Waals surface area contributed by atoms with Crippen molar-refractivity contribution in [3.63, 3.8) is 0 Å². The van der Waals surface area contributed by atoms with E-state index in [4.69, 9.17) is 9.26 Å². The van der Waals surface area contributed by atoms with E-state index in [-0.39, 0.29) is 0 Å². The Kier molecular flexibility index (Phi) is 9.64. The van der Waals surface area contributed by atoms with Gasteiger partial charge in [-0.3, -0.25) is 4.90 Å². The maximum atomic E-state index is 10.4. The molecular weight excluding hydrogens is 366 g/mol. The molecule has 2 aromatic rings. The van der Waals surface area contributed by atoms with Crippen LogP contribution in [0, 0.1) is 5.92 Å². The summed E-state index contributed by atoms with van der Waals surface area (Å²) in [5.74, 6) is 1.42. The molecule has 0 spiro atoms. The van der Waals surface area contributed by atoms with Crippen LogP contribution in [-0.4, -0.2) is 61.2 Å². The minimum absolute atomic E-state index is 0.330. The first-order chi connectivity index (χ1) is 14.0. The lowest BCUT2D eigenvalue weighted by Crippen LogP contribution is -2.36. The number of hydrogen-bond acceptors (Lipinski definition) is 6. The lowest BCUT2D eigenvalue weighted by Gasteiger charge is -2.27. The Morgan fingerprint density at radius 1 is 1.14 bits per heavy atom. The van der Waals surface area contributed by atoms with Gasteiger partial charge in [0.25, 0.3) is 0 Å². The van der Waals surface area contributed by atoms with Gasteiger partial charge in [-0.05, 0) is 32.7 Å². The number of nitrogens with zero attached hydrogens (tertiary/aromatic N) is 3. The quantitative estimate of drug-likeness (QED) is 0.545. The number of aromatic nitrogens is 1. The third-order valence-corrected chi connectivity index (χ3v) is 5.10. The zero-order chi connectivity index (χ0) is 21.2. The zero-order valence-electron chi connectivity index (χ0n) is 18.6. The monoisotopic (exact) mass is 403 g/mol. The minimum atomic E-state index is -0.524. The highest BCUT2D eigenvalue weighted by atomic mass is 16.5. The molecule has 0 aliphatic carbocycles. The molecule has 1 N–H and O–H groups in total. The highest BCUT2D eigenvalue weighted by Crippen LogP contribution is 2.32. The molecule has 1 heterocycles. The first kappa shape index (κ1) is 23.4. The number of aliphatic hydroxyl groups excluding tert-OH is 1. The normalized spacial score (nSPS) is 12.7. The van der Waals surface area contributed by atoms with E-state index in [1.54, 1.807) is 7.11 Å². The van der Waals surface area contributed by atoms with Crippen molar-refractivity contribution in [3.8, 4) is 11.3 Å². The van der Waals surface area contributed by atoms with E-state index in [2.05, 4.69) is 54.8 Å². The van der Waals surface area contributed by atoms with Crippen molar-refractivity contribution in [1.29, 1.82) is 0 Å². The number of methoxy groups -OCH3 is 1. The smallest absolute Gasteiger partial charge is 0.232 e. The molecule has 0 amide bonds. The molecule has 0 radical (unpaired) electrons. The maximum Gasteiger partial charge on any atom is 0.232 e. The van der Waals surface area contributed by atoms with Gasteiger partial charge >= 0.3 is 0 Å². The predicted molar refractivity (Wildman–Crippen MR) is 118 cm³/mol. The van der Waals surface area contributed by atoms with Crippen molar-refractivity contribution in [3.05, 3.63) is 35.9 Å². The third-order valence-electron chi connectivity index (χ3n) is 5.10. The Morgan fingerprint density at radius 3 is 2.41 bits per heavy atom. The summed E-state index contributed by atoms with van der Waals surface area (Å²) in [6.45, 7) is 12.8. The second-order valence-electron chi connectivity index (χ2n) is 7.88. The van der Waals surface area contributed by atoms with Crippen LogP contribution in [-0.2, 0) is 11.3 Å². The Labute approximate surface area is 175 Å². The Balaban J connectivity index is 2.36. The number of rotatable bonds is 13. The lowest BCUT2D eigenvalue weighted by molar-refractivity contribution is 0.0348. The van der Waals surface area contributed by atoms with Crippen LogP contribution in [0.5, 0.6) is 0 Å². The van der Waals surface area contributed by atoms with E-state index in [1.165, 1.54) is 0 Å². The molecule has 1 aromatic heterocycles. The molecule has 1 aromatic carbocycles. The SMILES string of the molecule is CCN(CC)c1onc(-c2ccccc2)c1CN(CCC(C)C)C[C@@H](O)COC. The zero-order valence-corrected chi connectivity index (χ0v) is 18.6. The van der Waals surface area contributed by atoms with Gasteiger partial charge in [0.2, 0.25) is 5.88 Å². The van der Waals surface area contributed by atoms with Crippen LogP contribution in [0.15, 0.2) is 34.9 Å². The number of benzene rings is 1. The van der Waals surface area contributed by atoms with Crippen molar-refractivity contribution in [2.45, 2.75) is 46.8 Å². The van der Waals surface area contributed by atoms with Gasteiger partial charge in [0.1, 0.15) is 5.69 Å². The van der Waals surface area contributed by atoms with Crippen LogP contribution in [0.3, 0.4) is 0 Å². The second-order valence-corrected chi connectivity index (χ2v) is 7.88. The molecule has 0 aliphatic rings. The standard InChI is InChI=1S/C23H37N3O3/c1-6-26(7-2)23-21(22(24-29-23)19-11-9-8-10-12-19)16-25(14-13-18(3)4)15-20(27)17-28-5/h8-12,18,20,27H,6-7,13-17H2,1-5H3/t20-/m1/s1. The van der Waals surface area contributed by atoms with Gasteiger partial charge in [-0.2, -0.15) is 0 Å². The topological polar surface area (TPSA) is 62.0 Å². The maximum absolute atomic E-state index is 10.4. The van der Waals surface area contributed by atoms with E-state index in [0.717, 1.165) is 48.8 Å². The first-order valence-electron chi connectivity index (χ1n) is 10.7. The summed E-state index contributed by atoms with van der Waals surface area (Å²) >= 11 is 0. The fourth-order valence-electron chi connectivity index (χ4n) is 3.47. The molecule has 0 bridgehead atoms. The van der Waals surface area contributed by atoms with E-state index < -0.39 is 6.10 Å². The summed E-state index contributed by atoms with van der Waals surface area (Å²) < 4.78 is 11.0. The van der Waals surface area contributed by atoms with Gasteiger partial charge in [0.05, 0.1) is 18.3 Å². The van der Waals surface area contributed by atoms with Gasteiger partial charge < -0.3 is 19.3 Å². The third kappa shape index (κ3) is 6.84. The summed E-state index contributed by atoms with van der Waals surface area (Å²) in [5, 5.41) is 14.8. The number of ether oxygens (including phenoxy) is 1. The number of anilines is 1. The van der Waals surface area contributed by atoms with Crippen molar-refractivity contribution in [2.75, 3.05) is 44.8 Å². The van der Waals surface area contributed by atoms with E-state index >= 15 is 0 Å². The molecule has 0 unspecified atom stereocenters. The lowest BCUT2D eigenvalue weighted by atomic mass is 10.1. The predicted octanol–water partition coefficient (Wildman–Crippen LogP) is 4.04. The fourth-order valence-corrected chi connectivity index (χ4v) is 3.47. The van der Waals surface area contributed by atoms with Gasteiger partial charge in [-0.25, -0.2) is 0 Å². The molecule has 162 valence electrons. The molecule has 1 atom stereocenters. The highest BCUT2D eigenvalue weighted by Gasteiger charge is 2.24. The highest BCUT2D eigenvalue weighted by molar-refractivity contribution is 5.68. The Hall–Kier alpha value is -1.89. The molecule has 2 rings (SSSR count). The summed E-state index contributed by atoms with van der Waals surface area (Å²) in [7, 11) is 1.62. The second kappa shape index (κ2) is 12.0. The van der Waals surface area contributed by atoms with E-state index in [0.29, 0.717) is 25.6 Å². The molecule has 0 saturated heterocycles. The van der Waals surface area contributed by atoms with Crippen LogP contribution >= 0.6 is 0 Å². The Morgan fingerprint density at radius 2 is 1.83 bits per heavy atom. The fraction of sp³-hybridized carbons (Fsp3) is 0.609. The van der Waals surface area contributed by atoms with Crippen molar-refractivity contribution < 1.29 is 14.4 Å². The van der Waals surface area contributed by atoms with Crippen LogP contribution in [0.25, 0.3) is 11.3 Å². The van der Waals surface area contributed by atoms with Crippen LogP contribution in [0.4, 0.5) is 5.88 Å². The molecule has 0 saturated carbocycles. The van der Waals surface area contributed by atoms with Crippen LogP contribution < -0.4 is 4.90 Å². The molecule has 6 heteroatoms. The summed E-state index contributed by atoms with van der Waals surface area (Å²) in [6, 6.07) is 10.2. The van der Waals surface area contributed by atoms with Crippen LogP contribution in [0.2, 0.25) is 0 Å². The molecule has 6 nitrogen and oxygen atoms in total. The van der Waals surface area contributed by atoms with Gasteiger partial charge in [-0.1, -0.05) is 49.3 Å². The average molecular weight is 404 g/mol. The molecular formula is C23H37N3O3. The molecule has 0 aliphatic heterocycles. The van der Waals surface area contributed by atoms with E-state index in [9.17, 15) is 5.11 Å². The average Bonchev–Trinajstić information content (AvgIpc) is 3.11. The van der Waals surface area contributed by atoms with Gasteiger partial charge in [0, 0.05) is 38.9 Å². The summed E-state index contributed by atoms with van der Waals surface area (Å²) in [5.41, 5.74) is 3.00. The first-order valence-corrected chi connectivity index (χ1v) is 10.7. The number of hydrogen-bond donors (Lipinski definition) is 1. The van der Waals surface area contributed by atoms with Crippen molar-refractivity contribution in [1.82, 2.24) is 10.1 Å². The van der Waals surface area contributed by atoms with Crippen molar-refractivity contribution in [2.24, 2.45) is 5.92 Å². The minimum Gasteiger partial charge on any atom is -0.389 e. The van der Waals surface area contributed by atoms with Gasteiger partial charge in [-0.15, -0.1) is 0 Å². The van der Waals surface area contributed by atoms with Gasteiger partial charge in [0.15, 0.2) is 0 Å². The number of aliphatic hydroxyl groups is 1. The molecule has 0 fully saturated rings.